The fourth-order valence-corrected chi connectivity index (χ4v) is 1.57. The Hall–Kier alpha value is -1.88. The summed E-state index contributed by atoms with van der Waals surface area (Å²) in [5, 5.41) is 0. The standard InChI is InChI=1S/C13H17NO4/c1-14(9-12(15)17-2)8-10-5-4-6-11(7-10)13(16)18-3/h4-7H,8-9H2,1-3H3. The molecule has 0 aromatic heterocycles. The van der Waals surface area contributed by atoms with Crippen molar-refractivity contribution in [2.24, 2.45) is 0 Å². The maximum atomic E-state index is 11.4. The van der Waals surface area contributed by atoms with Gasteiger partial charge in [0.2, 0.25) is 0 Å². The molecule has 0 bridgehead atoms. The van der Waals surface area contributed by atoms with Crippen LogP contribution in [0.5, 0.6) is 0 Å². The molecule has 0 aliphatic heterocycles. The molecule has 18 heavy (non-hydrogen) atoms. The number of hydrogen-bond acceptors (Lipinski definition) is 5. The summed E-state index contributed by atoms with van der Waals surface area (Å²) in [6.07, 6.45) is 0. The molecule has 0 N–H and O–H groups in total. The number of hydrogen-bond donors (Lipinski definition) is 0. The maximum absolute atomic E-state index is 11.4. The second kappa shape index (κ2) is 6.76. The molecule has 98 valence electrons. The van der Waals surface area contributed by atoms with Crippen LogP contribution in [0.4, 0.5) is 0 Å². The highest BCUT2D eigenvalue weighted by Crippen LogP contribution is 2.08. The highest BCUT2D eigenvalue weighted by molar-refractivity contribution is 5.89. The van der Waals surface area contributed by atoms with Crippen LogP contribution in [-0.2, 0) is 20.8 Å². The molecule has 0 heterocycles. The quantitative estimate of drug-likeness (QED) is 0.733. The molecule has 0 radical (unpaired) electrons. The lowest BCUT2D eigenvalue weighted by Gasteiger charge is -2.15. The van der Waals surface area contributed by atoms with Gasteiger partial charge in [0.15, 0.2) is 0 Å². The van der Waals surface area contributed by atoms with Gasteiger partial charge in [0.25, 0.3) is 0 Å². The Bertz CT molecular complexity index is 431. The lowest BCUT2D eigenvalue weighted by Crippen LogP contribution is -2.26. The van der Waals surface area contributed by atoms with Crippen LogP contribution in [0.15, 0.2) is 24.3 Å². The van der Waals surface area contributed by atoms with Crippen molar-refractivity contribution in [2.45, 2.75) is 6.54 Å². The van der Waals surface area contributed by atoms with Crippen LogP contribution in [0.1, 0.15) is 15.9 Å². The first-order valence-electron chi connectivity index (χ1n) is 5.49. The molecule has 0 saturated heterocycles. The zero-order valence-corrected chi connectivity index (χ0v) is 10.8. The van der Waals surface area contributed by atoms with Crippen LogP contribution < -0.4 is 0 Å². The highest BCUT2D eigenvalue weighted by Gasteiger charge is 2.09. The van der Waals surface area contributed by atoms with Gasteiger partial charge < -0.3 is 9.47 Å². The number of rotatable bonds is 5. The second-order valence-electron chi connectivity index (χ2n) is 3.94. The summed E-state index contributed by atoms with van der Waals surface area (Å²) in [4.78, 5) is 24.3. The molecule has 0 saturated carbocycles. The Balaban J connectivity index is 2.67. The molecule has 5 heteroatoms. The zero-order chi connectivity index (χ0) is 13.5. The first-order valence-corrected chi connectivity index (χ1v) is 5.49. The van der Waals surface area contributed by atoms with Crippen molar-refractivity contribution < 1.29 is 19.1 Å². The van der Waals surface area contributed by atoms with Crippen molar-refractivity contribution in [1.29, 1.82) is 0 Å². The van der Waals surface area contributed by atoms with Gasteiger partial charge in [0.05, 0.1) is 26.3 Å². The maximum Gasteiger partial charge on any atom is 0.337 e. The summed E-state index contributed by atoms with van der Waals surface area (Å²) in [5.74, 6) is -0.658. The molecule has 1 aromatic carbocycles. The topological polar surface area (TPSA) is 55.8 Å². The number of carbonyl (C=O) groups is 2. The van der Waals surface area contributed by atoms with Crippen LogP contribution in [0.25, 0.3) is 0 Å². The van der Waals surface area contributed by atoms with Crippen LogP contribution in [-0.4, -0.2) is 44.7 Å². The minimum atomic E-state index is -0.368. The van der Waals surface area contributed by atoms with E-state index in [9.17, 15) is 9.59 Å². The average Bonchev–Trinajstić information content (AvgIpc) is 2.37. The van der Waals surface area contributed by atoms with E-state index in [2.05, 4.69) is 9.47 Å². The van der Waals surface area contributed by atoms with E-state index in [-0.39, 0.29) is 18.5 Å². The number of ether oxygens (including phenoxy) is 2. The monoisotopic (exact) mass is 251 g/mol. The van der Waals surface area contributed by atoms with E-state index in [0.717, 1.165) is 5.56 Å². The smallest absolute Gasteiger partial charge is 0.337 e. The Morgan fingerprint density at radius 1 is 1.22 bits per heavy atom. The summed E-state index contributed by atoms with van der Waals surface area (Å²) in [5.41, 5.74) is 1.44. The van der Waals surface area contributed by atoms with Gasteiger partial charge in [0, 0.05) is 6.54 Å². The molecule has 1 aromatic rings. The van der Waals surface area contributed by atoms with E-state index in [0.29, 0.717) is 12.1 Å². The van der Waals surface area contributed by atoms with E-state index < -0.39 is 0 Å². The number of esters is 2. The van der Waals surface area contributed by atoms with E-state index >= 15 is 0 Å². The first-order chi connectivity index (χ1) is 8.56. The Morgan fingerprint density at radius 2 is 1.94 bits per heavy atom. The van der Waals surface area contributed by atoms with Gasteiger partial charge in [0.1, 0.15) is 0 Å². The minimum absolute atomic E-state index is 0.207. The molecular formula is C13H17NO4. The van der Waals surface area contributed by atoms with Gasteiger partial charge in [-0.3, -0.25) is 9.69 Å². The third-order valence-electron chi connectivity index (χ3n) is 2.43. The second-order valence-corrected chi connectivity index (χ2v) is 3.94. The van der Waals surface area contributed by atoms with Crippen LogP contribution in [0.3, 0.4) is 0 Å². The summed E-state index contributed by atoms with van der Waals surface area (Å²) in [6.45, 7) is 0.763. The van der Waals surface area contributed by atoms with Crippen LogP contribution >= 0.6 is 0 Å². The van der Waals surface area contributed by atoms with Gasteiger partial charge >= 0.3 is 11.9 Å². The van der Waals surface area contributed by atoms with Crippen LogP contribution in [0.2, 0.25) is 0 Å². The van der Waals surface area contributed by atoms with Gasteiger partial charge in [-0.05, 0) is 24.7 Å². The van der Waals surface area contributed by atoms with E-state index in [1.165, 1.54) is 14.2 Å². The van der Waals surface area contributed by atoms with Crippen molar-refractivity contribution in [3.8, 4) is 0 Å². The molecule has 0 atom stereocenters. The van der Waals surface area contributed by atoms with E-state index in [4.69, 9.17) is 0 Å². The zero-order valence-electron chi connectivity index (χ0n) is 10.8. The Labute approximate surface area is 106 Å². The number of carbonyl (C=O) groups excluding carboxylic acids is 2. The minimum Gasteiger partial charge on any atom is -0.468 e. The van der Waals surface area contributed by atoms with E-state index in [1.54, 1.807) is 18.2 Å². The molecule has 0 aliphatic rings. The number of likely N-dealkylation sites (N-methyl/N-ethyl adjacent to an activating group) is 1. The summed E-state index contributed by atoms with van der Waals surface area (Å²) in [6, 6.07) is 7.11. The van der Waals surface area contributed by atoms with Gasteiger partial charge in [-0.25, -0.2) is 4.79 Å². The number of nitrogens with zero attached hydrogens (tertiary/aromatic N) is 1. The molecule has 5 nitrogen and oxygen atoms in total. The molecular weight excluding hydrogens is 234 g/mol. The lowest BCUT2D eigenvalue weighted by atomic mass is 10.1. The number of methoxy groups -OCH3 is 2. The average molecular weight is 251 g/mol. The molecule has 1 rings (SSSR count). The fourth-order valence-electron chi connectivity index (χ4n) is 1.57. The SMILES string of the molecule is COC(=O)CN(C)Cc1cccc(C(=O)OC)c1. The fraction of sp³-hybridized carbons (Fsp3) is 0.385. The normalized spacial score (nSPS) is 10.2. The van der Waals surface area contributed by atoms with Crippen molar-refractivity contribution in [3.63, 3.8) is 0 Å². The van der Waals surface area contributed by atoms with Gasteiger partial charge in [-0.2, -0.15) is 0 Å². The van der Waals surface area contributed by atoms with Crippen molar-refractivity contribution >= 4 is 11.9 Å². The molecule has 0 amide bonds. The molecule has 0 spiro atoms. The number of benzene rings is 1. The third kappa shape index (κ3) is 4.18. The summed E-state index contributed by atoms with van der Waals surface area (Å²) < 4.78 is 9.23. The lowest BCUT2D eigenvalue weighted by molar-refractivity contribution is -0.141. The largest absolute Gasteiger partial charge is 0.468 e. The first kappa shape index (κ1) is 14.2. The van der Waals surface area contributed by atoms with Crippen LogP contribution in [0, 0.1) is 0 Å². The predicted octanol–water partition coefficient (Wildman–Crippen LogP) is 1.08. The van der Waals surface area contributed by atoms with Crippen molar-refractivity contribution in [1.82, 2.24) is 4.90 Å². The summed E-state index contributed by atoms with van der Waals surface area (Å²) in [7, 11) is 4.51. The van der Waals surface area contributed by atoms with Crippen molar-refractivity contribution in [2.75, 3.05) is 27.8 Å². The third-order valence-corrected chi connectivity index (χ3v) is 2.43. The van der Waals surface area contributed by atoms with E-state index in [1.807, 2.05) is 18.0 Å². The van der Waals surface area contributed by atoms with Gasteiger partial charge in [-0.15, -0.1) is 0 Å². The Kier molecular flexibility index (Phi) is 5.32. The predicted molar refractivity (Wildman–Crippen MR) is 66.1 cm³/mol. The molecule has 0 aliphatic carbocycles. The van der Waals surface area contributed by atoms with Gasteiger partial charge in [-0.1, -0.05) is 12.1 Å². The molecule has 0 fully saturated rings. The molecule has 0 unspecified atom stereocenters. The summed E-state index contributed by atoms with van der Waals surface area (Å²) >= 11 is 0. The Morgan fingerprint density at radius 3 is 2.56 bits per heavy atom. The highest BCUT2D eigenvalue weighted by atomic mass is 16.5. The van der Waals surface area contributed by atoms with Crippen molar-refractivity contribution in [3.05, 3.63) is 35.4 Å².